The lowest BCUT2D eigenvalue weighted by atomic mass is 10.2. The molecule has 1 heterocycles. The maximum absolute atomic E-state index is 12.0. The van der Waals surface area contributed by atoms with Crippen molar-refractivity contribution >= 4 is 27.3 Å². The lowest BCUT2D eigenvalue weighted by Crippen LogP contribution is -2.35. The number of amides is 1. The van der Waals surface area contributed by atoms with Crippen LogP contribution >= 0.6 is 11.3 Å². The highest BCUT2D eigenvalue weighted by Crippen LogP contribution is 2.50. The highest BCUT2D eigenvalue weighted by molar-refractivity contribution is 7.90. The molecule has 1 fully saturated rings. The van der Waals surface area contributed by atoms with Gasteiger partial charge >= 0.3 is 6.18 Å². The summed E-state index contributed by atoms with van der Waals surface area (Å²) in [6, 6.07) is 1.91. The van der Waals surface area contributed by atoms with E-state index in [0.717, 1.165) is 10.4 Å². The molecule has 21 heavy (non-hydrogen) atoms. The van der Waals surface area contributed by atoms with E-state index >= 15 is 0 Å². The van der Waals surface area contributed by atoms with Crippen molar-refractivity contribution in [2.24, 2.45) is 5.92 Å². The molecule has 9 heteroatoms. The zero-order chi connectivity index (χ0) is 15.8. The van der Waals surface area contributed by atoms with Gasteiger partial charge in [-0.15, -0.1) is 11.3 Å². The Balaban J connectivity index is 1.90. The van der Waals surface area contributed by atoms with Gasteiger partial charge in [0.1, 0.15) is 0 Å². The van der Waals surface area contributed by atoms with Crippen molar-refractivity contribution in [3.8, 4) is 0 Å². The van der Waals surface area contributed by atoms with Crippen LogP contribution in [-0.2, 0) is 14.8 Å². The highest BCUT2D eigenvalue weighted by atomic mass is 32.2. The average molecular weight is 341 g/mol. The van der Waals surface area contributed by atoms with Gasteiger partial charge in [-0.3, -0.25) is 9.52 Å². The largest absolute Gasteiger partial charge is 0.390 e. The number of hydrogen-bond donors (Lipinski definition) is 1. The van der Waals surface area contributed by atoms with E-state index in [1.807, 2.05) is 18.4 Å². The minimum atomic E-state index is -4.56. The number of hydrogen-bond acceptors (Lipinski definition) is 4. The Labute approximate surface area is 124 Å². The van der Waals surface area contributed by atoms with Crippen molar-refractivity contribution in [1.29, 1.82) is 0 Å². The van der Waals surface area contributed by atoms with Gasteiger partial charge < -0.3 is 0 Å². The summed E-state index contributed by atoms with van der Waals surface area (Å²) in [7, 11) is -4.24. The molecule has 4 nitrogen and oxygen atoms in total. The first-order chi connectivity index (χ1) is 9.59. The number of nitrogens with one attached hydrogen (secondary N) is 1. The molecule has 0 spiro atoms. The van der Waals surface area contributed by atoms with E-state index in [2.05, 4.69) is 0 Å². The third-order valence-electron chi connectivity index (χ3n) is 3.28. The second-order valence-corrected chi connectivity index (χ2v) is 7.86. The van der Waals surface area contributed by atoms with Crippen molar-refractivity contribution in [1.82, 2.24) is 4.72 Å². The summed E-state index contributed by atoms with van der Waals surface area (Å²) in [5, 5.41) is 1.89. The van der Waals surface area contributed by atoms with E-state index in [1.165, 1.54) is 11.3 Å². The Hall–Kier alpha value is -1.09. The molecule has 2 atom stereocenters. The van der Waals surface area contributed by atoms with Gasteiger partial charge in [-0.1, -0.05) is 0 Å². The van der Waals surface area contributed by atoms with E-state index < -0.39 is 40.2 Å². The fourth-order valence-corrected chi connectivity index (χ4v) is 4.24. The van der Waals surface area contributed by atoms with Gasteiger partial charge in [0, 0.05) is 16.7 Å². The Morgan fingerprint density at radius 1 is 1.48 bits per heavy atom. The van der Waals surface area contributed by atoms with Gasteiger partial charge in [0.25, 0.3) is 0 Å². The molecular formula is C12H14F3NO3S2. The molecule has 118 valence electrons. The monoisotopic (exact) mass is 341 g/mol. The van der Waals surface area contributed by atoms with E-state index in [1.54, 1.807) is 4.72 Å². The molecule has 1 saturated carbocycles. The molecule has 0 radical (unpaired) electrons. The summed E-state index contributed by atoms with van der Waals surface area (Å²) < 4.78 is 60.7. The third-order valence-corrected chi connectivity index (χ3v) is 5.68. The highest BCUT2D eigenvalue weighted by Gasteiger charge is 2.46. The predicted molar refractivity (Wildman–Crippen MR) is 72.5 cm³/mol. The van der Waals surface area contributed by atoms with Crippen LogP contribution in [0.15, 0.2) is 11.4 Å². The number of aryl methyl sites for hydroxylation is 1. The fourth-order valence-electron chi connectivity index (χ4n) is 2.07. The molecule has 0 aromatic carbocycles. The number of thiophene rings is 1. The first-order valence-corrected chi connectivity index (χ1v) is 8.77. The van der Waals surface area contributed by atoms with Crippen molar-refractivity contribution in [3.05, 3.63) is 21.9 Å². The maximum Gasteiger partial charge on any atom is 0.390 e. The van der Waals surface area contributed by atoms with Crippen LogP contribution < -0.4 is 4.72 Å². The minimum absolute atomic E-state index is 0.0252. The molecule has 0 bridgehead atoms. The van der Waals surface area contributed by atoms with Crippen molar-refractivity contribution in [3.63, 3.8) is 0 Å². The van der Waals surface area contributed by atoms with Crippen molar-refractivity contribution in [2.45, 2.75) is 31.9 Å². The molecule has 1 aromatic rings. The number of alkyl halides is 3. The Kier molecular flexibility index (Phi) is 4.34. The summed E-state index contributed by atoms with van der Waals surface area (Å²) in [6.07, 6.45) is -5.50. The smallest absolute Gasteiger partial charge is 0.274 e. The van der Waals surface area contributed by atoms with E-state index in [0.29, 0.717) is 6.42 Å². The number of carbonyl (C=O) groups excluding carboxylic acids is 1. The van der Waals surface area contributed by atoms with Gasteiger partial charge in [0.15, 0.2) is 0 Å². The van der Waals surface area contributed by atoms with Crippen LogP contribution in [0.25, 0.3) is 0 Å². The van der Waals surface area contributed by atoms with Crippen LogP contribution in [0.1, 0.15) is 29.2 Å². The molecule has 0 unspecified atom stereocenters. The van der Waals surface area contributed by atoms with Gasteiger partial charge in [0.2, 0.25) is 15.9 Å². The summed E-state index contributed by atoms with van der Waals surface area (Å²) >= 11 is 1.49. The summed E-state index contributed by atoms with van der Waals surface area (Å²) in [4.78, 5) is 12.8. The van der Waals surface area contributed by atoms with Gasteiger partial charge in [-0.25, -0.2) is 8.42 Å². The summed E-state index contributed by atoms with van der Waals surface area (Å²) in [6.45, 7) is 1.90. The molecule has 2 rings (SSSR count). The molecule has 1 aromatic heterocycles. The van der Waals surface area contributed by atoms with Crippen LogP contribution in [0.5, 0.6) is 0 Å². The lowest BCUT2D eigenvalue weighted by Gasteiger charge is -2.08. The standard InChI is InChI=1S/C12H14F3NO3S2/c1-7-2-4-20-10(7)8-6-9(8)11(17)16-21(18,19)5-3-12(13,14)15/h2,4,8-9H,3,5-6H2,1H3,(H,16,17)/t8-,9+/m1/s1. The number of rotatable bonds is 5. The van der Waals surface area contributed by atoms with Gasteiger partial charge in [-0.2, -0.15) is 13.2 Å². The second-order valence-electron chi connectivity index (χ2n) is 5.07. The SMILES string of the molecule is Cc1ccsc1[C@@H]1C[C@@H]1C(=O)NS(=O)(=O)CCC(F)(F)F. The quantitative estimate of drug-likeness (QED) is 0.895. The molecule has 1 aliphatic carbocycles. The molecule has 1 amide bonds. The zero-order valence-corrected chi connectivity index (χ0v) is 12.7. The van der Waals surface area contributed by atoms with Gasteiger partial charge in [0.05, 0.1) is 12.2 Å². The summed E-state index contributed by atoms with van der Waals surface area (Å²) in [5.74, 6) is -2.33. The topological polar surface area (TPSA) is 63.2 Å². The van der Waals surface area contributed by atoms with Crippen molar-refractivity contribution < 1.29 is 26.4 Å². The first kappa shape index (κ1) is 16.3. The number of halogens is 3. The van der Waals surface area contributed by atoms with E-state index in [-0.39, 0.29) is 5.92 Å². The molecule has 0 aliphatic heterocycles. The van der Waals surface area contributed by atoms with Crippen LogP contribution in [0.2, 0.25) is 0 Å². The number of carbonyl (C=O) groups is 1. The summed E-state index contributed by atoms with van der Waals surface area (Å²) in [5.41, 5.74) is 1.04. The van der Waals surface area contributed by atoms with Crippen molar-refractivity contribution in [2.75, 3.05) is 5.75 Å². The Bertz CT molecular complexity index is 636. The Morgan fingerprint density at radius 3 is 2.67 bits per heavy atom. The van der Waals surface area contributed by atoms with E-state index in [4.69, 9.17) is 0 Å². The fraction of sp³-hybridized carbons (Fsp3) is 0.583. The normalized spacial score (nSPS) is 22.1. The zero-order valence-electron chi connectivity index (χ0n) is 11.1. The molecule has 0 saturated heterocycles. The third kappa shape index (κ3) is 4.44. The maximum atomic E-state index is 12.0. The molecule has 1 aliphatic rings. The number of sulfonamides is 1. The van der Waals surface area contributed by atoms with Crippen LogP contribution in [0, 0.1) is 12.8 Å². The second kappa shape index (κ2) is 5.60. The van der Waals surface area contributed by atoms with Crippen LogP contribution in [-0.4, -0.2) is 26.3 Å². The van der Waals surface area contributed by atoms with Crippen LogP contribution in [0.3, 0.4) is 0 Å². The predicted octanol–water partition coefficient (Wildman–Crippen LogP) is 2.56. The minimum Gasteiger partial charge on any atom is -0.274 e. The average Bonchev–Trinajstić information content (AvgIpc) is 3.02. The molecular weight excluding hydrogens is 327 g/mol. The Morgan fingerprint density at radius 2 is 2.14 bits per heavy atom. The first-order valence-electron chi connectivity index (χ1n) is 6.24. The van der Waals surface area contributed by atoms with Crippen LogP contribution in [0.4, 0.5) is 13.2 Å². The molecule has 1 N–H and O–H groups in total. The van der Waals surface area contributed by atoms with E-state index in [9.17, 15) is 26.4 Å². The lowest BCUT2D eigenvalue weighted by molar-refractivity contribution is -0.130. The van der Waals surface area contributed by atoms with Gasteiger partial charge in [-0.05, 0) is 30.4 Å².